The number of hydrogen-bond acceptors (Lipinski definition) is 0. The van der Waals surface area contributed by atoms with Gasteiger partial charge in [0, 0.05) is 0 Å². The molecule has 0 aromatic rings. The van der Waals surface area contributed by atoms with E-state index in [1.54, 1.807) is 0 Å². The van der Waals surface area contributed by atoms with Crippen LogP contribution in [0.15, 0.2) is 48.6 Å². The van der Waals surface area contributed by atoms with Gasteiger partial charge in [-0.2, -0.15) is 0 Å². The van der Waals surface area contributed by atoms with Gasteiger partial charge < -0.3 is 0 Å². The zero-order chi connectivity index (χ0) is 8.20. The van der Waals surface area contributed by atoms with Crippen molar-refractivity contribution >= 4 is 8.07 Å². The van der Waals surface area contributed by atoms with E-state index >= 15 is 0 Å². The third kappa shape index (κ3) is 1.36. The molecule has 0 unspecified atom stereocenters. The average molecular weight is 150 g/mol. The molecule has 0 saturated heterocycles. The van der Waals surface area contributed by atoms with Crippen LogP contribution in [0.25, 0.3) is 0 Å². The van der Waals surface area contributed by atoms with Gasteiger partial charge in [-0.25, -0.2) is 0 Å². The summed E-state index contributed by atoms with van der Waals surface area (Å²) in [7, 11) is -1.70. The van der Waals surface area contributed by atoms with E-state index in [1.165, 1.54) is 0 Å². The molecule has 0 spiro atoms. The maximum atomic E-state index is 3.89. The van der Waals surface area contributed by atoms with Gasteiger partial charge in [0.25, 0.3) is 0 Å². The zero-order valence-electron chi connectivity index (χ0n) is 6.56. The van der Waals surface area contributed by atoms with Gasteiger partial charge in [-0.1, -0.05) is 22.3 Å². The molecule has 1 heteroatoms. The first-order valence-electron chi connectivity index (χ1n) is 3.19. The van der Waals surface area contributed by atoms with Crippen LogP contribution < -0.4 is 0 Å². The van der Waals surface area contributed by atoms with Crippen molar-refractivity contribution < 1.29 is 0 Å². The molecule has 0 heterocycles. The van der Waals surface area contributed by atoms with Crippen LogP contribution in [0.5, 0.6) is 0 Å². The molecule has 0 aliphatic heterocycles. The minimum absolute atomic E-state index is 1.13. The van der Waals surface area contributed by atoms with E-state index in [4.69, 9.17) is 0 Å². The van der Waals surface area contributed by atoms with Crippen molar-refractivity contribution in [2.45, 2.75) is 6.92 Å². The molecule has 10 heavy (non-hydrogen) atoms. The maximum Gasteiger partial charge on any atom is 0.151 e. The van der Waals surface area contributed by atoms with Crippen molar-refractivity contribution in [3.63, 3.8) is 0 Å². The number of hydrogen-bond donors (Lipinski definition) is 0. The predicted molar refractivity (Wildman–Crippen MR) is 51.2 cm³/mol. The third-order valence-corrected chi connectivity index (χ3v) is 5.26. The van der Waals surface area contributed by atoms with Crippen LogP contribution in [-0.2, 0) is 0 Å². The van der Waals surface area contributed by atoms with E-state index in [0.29, 0.717) is 0 Å². The molecule has 0 bridgehead atoms. The van der Waals surface area contributed by atoms with Crippen molar-refractivity contribution in [3.05, 3.63) is 48.6 Å². The highest BCUT2D eigenvalue weighted by atomic mass is 28.3. The van der Waals surface area contributed by atoms with Gasteiger partial charge in [0.1, 0.15) is 0 Å². The molecule has 0 radical (unpaired) electrons. The highest BCUT2D eigenvalue weighted by Gasteiger charge is 2.21. The highest BCUT2D eigenvalue weighted by Crippen LogP contribution is 2.15. The Morgan fingerprint density at radius 1 is 1.10 bits per heavy atom. The van der Waals surface area contributed by atoms with Crippen molar-refractivity contribution in [2.24, 2.45) is 0 Å². The molecule has 0 aromatic heterocycles. The zero-order valence-corrected chi connectivity index (χ0v) is 7.56. The highest BCUT2D eigenvalue weighted by molar-refractivity contribution is 6.98. The van der Waals surface area contributed by atoms with E-state index in [2.05, 4.69) is 26.3 Å². The Hall–Kier alpha value is -0.823. The summed E-state index contributed by atoms with van der Waals surface area (Å²) in [5, 5.41) is 1.13. The van der Waals surface area contributed by atoms with E-state index in [-0.39, 0.29) is 0 Å². The molecule has 0 aliphatic carbocycles. The Kier molecular flexibility index (Phi) is 3.09. The Labute approximate surface area is 64.3 Å². The largest absolute Gasteiger partial charge is 0.151 e. The van der Waals surface area contributed by atoms with E-state index in [0.717, 1.165) is 5.20 Å². The van der Waals surface area contributed by atoms with Crippen LogP contribution in [0.1, 0.15) is 6.92 Å². The summed E-state index contributed by atoms with van der Waals surface area (Å²) in [6.45, 7) is 17.1. The normalized spacial score (nSPS) is 10.1. The van der Waals surface area contributed by atoms with Crippen molar-refractivity contribution in [1.82, 2.24) is 0 Å². The van der Waals surface area contributed by atoms with E-state index < -0.39 is 8.07 Å². The summed E-state index contributed by atoms with van der Waals surface area (Å²) in [5.41, 5.74) is 5.78. The summed E-state index contributed by atoms with van der Waals surface area (Å²) in [6.07, 6.45) is 0. The second-order valence-electron chi connectivity index (χ2n) is 2.33. The summed E-state index contributed by atoms with van der Waals surface area (Å²) < 4.78 is 0. The summed E-state index contributed by atoms with van der Waals surface area (Å²) in [4.78, 5) is 0. The first-order valence-corrected chi connectivity index (χ1v) is 5.43. The van der Waals surface area contributed by atoms with Crippen LogP contribution in [0.2, 0.25) is 0 Å². The van der Waals surface area contributed by atoms with Gasteiger partial charge in [0.05, 0.1) is 0 Å². The summed E-state index contributed by atoms with van der Waals surface area (Å²) in [6, 6.07) is 0. The first-order chi connectivity index (χ1) is 4.63. The SMILES string of the molecule is C=C[Si](C=C)(C=C)C(=C)C. The molecule has 0 nitrogen and oxygen atoms in total. The average Bonchev–Trinajstić information content (AvgIpc) is 1.92. The fourth-order valence-electron chi connectivity index (χ4n) is 0.773. The van der Waals surface area contributed by atoms with Gasteiger partial charge in [-0.15, -0.1) is 26.3 Å². The van der Waals surface area contributed by atoms with Gasteiger partial charge >= 0.3 is 0 Å². The molecule has 54 valence electrons. The maximum absolute atomic E-state index is 3.89. The van der Waals surface area contributed by atoms with Crippen molar-refractivity contribution in [1.29, 1.82) is 0 Å². The number of allylic oxidation sites excluding steroid dienone is 1. The second-order valence-corrected chi connectivity index (χ2v) is 6.27. The van der Waals surface area contributed by atoms with Crippen LogP contribution in [0, 0.1) is 0 Å². The summed E-state index contributed by atoms with van der Waals surface area (Å²) in [5.74, 6) is 0. The first kappa shape index (κ1) is 9.18. The molecule has 0 N–H and O–H groups in total. The van der Waals surface area contributed by atoms with Crippen molar-refractivity contribution in [2.75, 3.05) is 0 Å². The molecule has 0 saturated carbocycles. The van der Waals surface area contributed by atoms with E-state index in [1.807, 2.05) is 24.0 Å². The molecule has 0 fully saturated rings. The Bertz CT molecular complexity index is 155. The lowest BCUT2D eigenvalue weighted by Crippen LogP contribution is -2.28. The topological polar surface area (TPSA) is 0 Å². The third-order valence-electron chi connectivity index (χ3n) is 1.75. The van der Waals surface area contributed by atoms with E-state index in [9.17, 15) is 0 Å². The summed E-state index contributed by atoms with van der Waals surface area (Å²) >= 11 is 0. The molecule has 0 aromatic carbocycles. The standard InChI is InChI=1S/C9H14Si/c1-6-10(7-2,8-3)9(4)5/h6-8H,1-4H2,5H3. The number of rotatable bonds is 4. The minimum Gasteiger partial charge on any atom is -0.106 e. The van der Waals surface area contributed by atoms with Crippen molar-refractivity contribution in [3.8, 4) is 0 Å². The minimum atomic E-state index is -1.70. The molecular formula is C9H14Si. The lowest BCUT2D eigenvalue weighted by Gasteiger charge is -2.18. The van der Waals surface area contributed by atoms with Crippen LogP contribution in [-0.4, -0.2) is 8.07 Å². The molecule has 0 atom stereocenters. The Morgan fingerprint density at radius 3 is 1.40 bits per heavy atom. The quantitative estimate of drug-likeness (QED) is 0.541. The molecular weight excluding hydrogens is 136 g/mol. The van der Waals surface area contributed by atoms with Crippen LogP contribution in [0.4, 0.5) is 0 Å². The fraction of sp³-hybridized carbons (Fsp3) is 0.111. The molecule has 0 rings (SSSR count). The lowest BCUT2D eigenvalue weighted by molar-refractivity contribution is 1.64. The molecule has 0 amide bonds. The van der Waals surface area contributed by atoms with Crippen LogP contribution >= 0.6 is 0 Å². The van der Waals surface area contributed by atoms with Crippen LogP contribution in [0.3, 0.4) is 0 Å². The predicted octanol–water partition coefficient (Wildman–Crippen LogP) is 2.73. The lowest BCUT2D eigenvalue weighted by atomic mass is 10.8. The second kappa shape index (κ2) is 3.37. The molecule has 0 aliphatic rings. The Morgan fingerprint density at radius 2 is 1.40 bits per heavy atom. The van der Waals surface area contributed by atoms with Gasteiger partial charge in [0.15, 0.2) is 8.07 Å². The fourth-order valence-corrected chi connectivity index (χ4v) is 2.32. The van der Waals surface area contributed by atoms with Gasteiger partial charge in [-0.3, -0.25) is 0 Å². The Balaban J connectivity index is 4.81. The van der Waals surface area contributed by atoms with Gasteiger partial charge in [-0.05, 0) is 6.92 Å². The van der Waals surface area contributed by atoms with Gasteiger partial charge in [0.2, 0.25) is 0 Å². The monoisotopic (exact) mass is 150 g/mol. The smallest absolute Gasteiger partial charge is 0.106 e.